The van der Waals surface area contributed by atoms with E-state index in [1.807, 2.05) is 36.4 Å². The van der Waals surface area contributed by atoms with E-state index in [-0.39, 0.29) is 0 Å². The second-order valence-corrected chi connectivity index (χ2v) is 4.46. The summed E-state index contributed by atoms with van der Waals surface area (Å²) in [6, 6.07) is 11.3. The van der Waals surface area contributed by atoms with Crippen LogP contribution in [0, 0.1) is 0 Å². The third kappa shape index (κ3) is 3.51. The molecule has 2 aromatic heterocycles. The van der Waals surface area contributed by atoms with Gasteiger partial charge < -0.3 is 19.8 Å². The minimum atomic E-state index is 0.421. The molecule has 0 aliphatic heterocycles. The third-order valence-electron chi connectivity index (χ3n) is 2.90. The Kier molecular flexibility index (Phi) is 4.15. The monoisotopic (exact) mass is 297 g/mol. The van der Waals surface area contributed by atoms with Crippen molar-refractivity contribution in [3.05, 3.63) is 54.6 Å². The van der Waals surface area contributed by atoms with Gasteiger partial charge in [-0.25, -0.2) is 0 Å². The average Bonchev–Trinajstić information content (AvgIpc) is 3.07. The second-order valence-electron chi connectivity index (χ2n) is 4.46. The Morgan fingerprint density at radius 1 is 1.23 bits per heavy atom. The van der Waals surface area contributed by atoms with Gasteiger partial charge in [-0.1, -0.05) is 6.07 Å². The van der Waals surface area contributed by atoms with Crippen molar-refractivity contribution in [3.8, 4) is 5.75 Å². The Labute approximate surface area is 127 Å². The Bertz CT molecular complexity index is 730. The van der Waals surface area contributed by atoms with Crippen LogP contribution in [0.2, 0.25) is 0 Å². The molecule has 0 aliphatic rings. The first-order chi connectivity index (χ1) is 10.8. The highest BCUT2D eigenvalue weighted by Crippen LogP contribution is 2.20. The molecule has 0 radical (unpaired) electrons. The van der Waals surface area contributed by atoms with Gasteiger partial charge in [0, 0.05) is 11.8 Å². The number of ether oxygens (including phenoxy) is 1. The van der Waals surface area contributed by atoms with Crippen LogP contribution in [0.5, 0.6) is 5.75 Å². The van der Waals surface area contributed by atoms with Gasteiger partial charge in [-0.3, -0.25) is 0 Å². The Hall–Kier alpha value is -3.09. The fourth-order valence-electron chi connectivity index (χ4n) is 1.87. The van der Waals surface area contributed by atoms with E-state index in [0.717, 1.165) is 17.2 Å². The minimum absolute atomic E-state index is 0.421. The van der Waals surface area contributed by atoms with Gasteiger partial charge >= 0.3 is 0 Å². The van der Waals surface area contributed by atoms with Crippen molar-refractivity contribution < 1.29 is 9.15 Å². The maximum Gasteiger partial charge on any atom is 0.245 e. The lowest BCUT2D eigenvalue weighted by atomic mass is 10.3. The lowest BCUT2D eigenvalue weighted by Crippen LogP contribution is -2.05. The number of methoxy groups -OCH3 is 1. The quantitative estimate of drug-likeness (QED) is 0.723. The summed E-state index contributed by atoms with van der Waals surface area (Å²) in [6.07, 6.45) is 3.18. The zero-order chi connectivity index (χ0) is 15.2. The minimum Gasteiger partial charge on any atom is -0.497 e. The van der Waals surface area contributed by atoms with Crippen LogP contribution in [-0.2, 0) is 6.54 Å². The first-order valence-electron chi connectivity index (χ1n) is 6.70. The predicted octanol–water partition coefficient (Wildman–Crippen LogP) is 2.83. The lowest BCUT2D eigenvalue weighted by molar-refractivity contribution is 0.415. The van der Waals surface area contributed by atoms with Crippen LogP contribution in [-0.4, -0.2) is 22.3 Å². The number of hydrogen-bond donors (Lipinski definition) is 2. The van der Waals surface area contributed by atoms with Crippen LogP contribution in [0.4, 0.5) is 17.5 Å². The second kappa shape index (κ2) is 6.57. The molecule has 0 saturated heterocycles. The zero-order valence-electron chi connectivity index (χ0n) is 12.0. The van der Waals surface area contributed by atoms with Gasteiger partial charge in [-0.15, -0.1) is 5.10 Å². The highest BCUT2D eigenvalue weighted by atomic mass is 16.5. The average molecular weight is 297 g/mol. The maximum absolute atomic E-state index is 5.24. The molecule has 7 heteroatoms. The van der Waals surface area contributed by atoms with Crippen molar-refractivity contribution in [2.75, 3.05) is 17.7 Å². The number of aromatic nitrogens is 3. The van der Waals surface area contributed by atoms with E-state index < -0.39 is 0 Å². The first-order valence-corrected chi connectivity index (χ1v) is 6.70. The van der Waals surface area contributed by atoms with Crippen LogP contribution in [0.15, 0.2) is 53.3 Å². The van der Waals surface area contributed by atoms with E-state index in [0.29, 0.717) is 18.3 Å². The zero-order valence-corrected chi connectivity index (χ0v) is 12.0. The van der Waals surface area contributed by atoms with E-state index in [2.05, 4.69) is 25.8 Å². The third-order valence-corrected chi connectivity index (χ3v) is 2.90. The summed E-state index contributed by atoms with van der Waals surface area (Å²) in [5.41, 5.74) is 0.858. The largest absolute Gasteiger partial charge is 0.497 e. The SMILES string of the molecule is COc1cccc(Nc2cnnc(NCc3ccco3)n2)c1. The summed E-state index contributed by atoms with van der Waals surface area (Å²) in [6.45, 7) is 0.497. The van der Waals surface area contributed by atoms with Gasteiger partial charge in [0.05, 0.1) is 26.1 Å². The van der Waals surface area contributed by atoms with Gasteiger partial charge in [0.15, 0.2) is 5.82 Å². The smallest absolute Gasteiger partial charge is 0.245 e. The van der Waals surface area contributed by atoms with Crippen molar-refractivity contribution in [2.24, 2.45) is 0 Å². The van der Waals surface area contributed by atoms with Crippen molar-refractivity contribution >= 4 is 17.5 Å². The summed E-state index contributed by atoms with van der Waals surface area (Å²) in [5.74, 6) is 2.58. The fraction of sp³-hybridized carbons (Fsp3) is 0.133. The molecule has 0 bridgehead atoms. The molecule has 0 aliphatic carbocycles. The number of hydrogen-bond acceptors (Lipinski definition) is 7. The molecule has 3 aromatic rings. The Balaban J connectivity index is 1.67. The molecule has 112 valence electrons. The predicted molar refractivity (Wildman–Crippen MR) is 82.1 cm³/mol. The summed E-state index contributed by atoms with van der Waals surface area (Å²) >= 11 is 0. The maximum atomic E-state index is 5.24. The molecule has 3 rings (SSSR count). The number of nitrogens with one attached hydrogen (secondary N) is 2. The van der Waals surface area contributed by atoms with E-state index in [9.17, 15) is 0 Å². The van der Waals surface area contributed by atoms with E-state index >= 15 is 0 Å². The molecule has 0 saturated carbocycles. The van der Waals surface area contributed by atoms with E-state index in [4.69, 9.17) is 9.15 Å². The van der Waals surface area contributed by atoms with Gasteiger partial charge in [-0.2, -0.15) is 10.1 Å². The molecular weight excluding hydrogens is 282 g/mol. The normalized spacial score (nSPS) is 10.2. The number of furan rings is 1. The van der Waals surface area contributed by atoms with Gasteiger partial charge in [-0.05, 0) is 24.3 Å². The molecule has 0 amide bonds. The highest BCUT2D eigenvalue weighted by molar-refractivity contribution is 5.58. The molecule has 2 heterocycles. The van der Waals surface area contributed by atoms with Crippen molar-refractivity contribution in [1.82, 2.24) is 15.2 Å². The van der Waals surface area contributed by atoms with Crippen LogP contribution in [0.3, 0.4) is 0 Å². The van der Waals surface area contributed by atoms with Crippen LogP contribution < -0.4 is 15.4 Å². The fourth-order valence-corrected chi connectivity index (χ4v) is 1.87. The summed E-state index contributed by atoms with van der Waals surface area (Å²) in [7, 11) is 1.63. The molecular formula is C15H15N5O2. The standard InChI is InChI=1S/C15H15N5O2/c1-21-12-5-2-4-11(8-12)18-14-10-17-20-15(19-14)16-9-13-6-3-7-22-13/h2-8,10H,9H2,1H3,(H2,16,18,19,20). The number of benzene rings is 1. The van der Waals surface area contributed by atoms with Gasteiger partial charge in [0.2, 0.25) is 5.95 Å². The number of anilines is 3. The summed E-state index contributed by atoms with van der Waals surface area (Å²) in [5, 5.41) is 14.1. The molecule has 1 aromatic carbocycles. The first kappa shape index (κ1) is 13.9. The number of nitrogens with zero attached hydrogens (tertiary/aromatic N) is 3. The highest BCUT2D eigenvalue weighted by Gasteiger charge is 2.03. The molecule has 0 fully saturated rings. The van der Waals surface area contributed by atoms with Crippen LogP contribution in [0.25, 0.3) is 0 Å². The molecule has 0 unspecified atom stereocenters. The molecule has 0 atom stereocenters. The molecule has 2 N–H and O–H groups in total. The lowest BCUT2D eigenvalue weighted by Gasteiger charge is -2.08. The molecule has 0 spiro atoms. The van der Waals surface area contributed by atoms with Crippen LogP contribution in [0.1, 0.15) is 5.76 Å². The Morgan fingerprint density at radius 3 is 3.00 bits per heavy atom. The Morgan fingerprint density at radius 2 is 2.18 bits per heavy atom. The van der Waals surface area contributed by atoms with Crippen LogP contribution >= 0.6 is 0 Å². The number of rotatable bonds is 6. The van der Waals surface area contributed by atoms with Crippen molar-refractivity contribution in [2.45, 2.75) is 6.54 Å². The van der Waals surface area contributed by atoms with Gasteiger partial charge in [0.1, 0.15) is 11.5 Å². The van der Waals surface area contributed by atoms with Crippen molar-refractivity contribution in [3.63, 3.8) is 0 Å². The van der Waals surface area contributed by atoms with Gasteiger partial charge in [0.25, 0.3) is 0 Å². The van der Waals surface area contributed by atoms with Crippen molar-refractivity contribution in [1.29, 1.82) is 0 Å². The topological polar surface area (TPSA) is 85.1 Å². The van der Waals surface area contributed by atoms with E-state index in [1.54, 1.807) is 19.6 Å². The molecule has 7 nitrogen and oxygen atoms in total. The summed E-state index contributed by atoms with van der Waals surface area (Å²) < 4.78 is 10.4. The summed E-state index contributed by atoms with van der Waals surface area (Å²) in [4.78, 5) is 4.34. The molecule has 22 heavy (non-hydrogen) atoms. The van der Waals surface area contributed by atoms with E-state index in [1.165, 1.54) is 0 Å².